The second-order valence-electron chi connectivity index (χ2n) is 14.1. The first-order valence-corrected chi connectivity index (χ1v) is 17.4. The lowest BCUT2D eigenvalue weighted by Gasteiger charge is -2.38. The molecule has 0 atom stereocenters. The van der Waals surface area contributed by atoms with E-state index >= 15 is 0 Å². The molecule has 7 rings (SSSR count). The van der Waals surface area contributed by atoms with E-state index in [0.29, 0.717) is 74.6 Å². The molecular weight excluding hydrogens is 596 g/mol. The number of aliphatic hydroxyl groups excluding tert-OH is 1. The number of aromatic nitrogens is 2. The van der Waals surface area contributed by atoms with Crippen molar-refractivity contribution < 1.29 is 28.7 Å². The fourth-order valence-corrected chi connectivity index (χ4v) is 7.57. The number of benzene rings is 1. The first kappa shape index (κ1) is 31.7. The third kappa shape index (κ3) is 7.17. The fraction of sp³-hybridized carbons (Fsp3) is 0.568. The van der Waals surface area contributed by atoms with Crippen molar-refractivity contribution in [3.05, 3.63) is 59.4 Å². The van der Waals surface area contributed by atoms with Gasteiger partial charge in [-0.1, -0.05) is 17.3 Å². The number of carbonyl (C=O) groups is 2. The lowest BCUT2D eigenvalue weighted by Crippen LogP contribution is -2.54. The molecule has 3 aromatic rings. The van der Waals surface area contributed by atoms with E-state index in [4.69, 9.17) is 19.0 Å². The summed E-state index contributed by atoms with van der Waals surface area (Å²) in [5.41, 5.74) is 4.40. The third-order valence-corrected chi connectivity index (χ3v) is 10.7. The van der Waals surface area contributed by atoms with Crippen molar-refractivity contribution in [1.29, 1.82) is 0 Å². The van der Waals surface area contributed by atoms with Gasteiger partial charge in [-0.05, 0) is 112 Å². The van der Waals surface area contributed by atoms with Crippen LogP contribution in [-0.2, 0) is 9.53 Å². The van der Waals surface area contributed by atoms with Crippen molar-refractivity contribution in [2.75, 3.05) is 31.6 Å². The lowest BCUT2D eigenvalue weighted by atomic mass is 9.78. The van der Waals surface area contributed by atoms with Crippen LogP contribution in [0, 0.1) is 18.8 Å². The Labute approximate surface area is 276 Å². The maximum absolute atomic E-state index is 14.3. The van der Waals surface area contributed by atoms with E-state index in [9.17, 15) is 14.7 Å². The van der Waals surface area contributed by atoms with E-state index in [1.165, 1.54) is 10.5 Å². The smallest absolute Gasteiger partial charge is 0.410 e. The minimum absolute atomic E-state index is 0.0921. The summed E-state index contributed by atoms with van der Waals surface area (Å²) in [7, 11) is 1.71. The fourth-order valence-electron chi connectivity index (χ4n) is 7.57. The number of aliphatic hydroxyl groups is 1. The van der Waals surface area contributed by atoms with E-state index in [1.54, 1.807) is 13.3 Å². The molecule has 1 saturated heterocycles. The Hall–Kier alpha value is -3.92. The normalized spacial score (nSPS) is 24.8. The van der Waals surface area contributed by atoms with Gasteiger partial charge < -0.3 is 24.0 Å². The van der Waals surface area contributed by atoms with Gasteiger partial charge in [-0.3, -0.25) is 9.69 Å². The summed E-state index contributed by atoms with van der Waals surface area (Å²) >= 11 is 0. The number of likely N-dealkylation sites (tertiary alicyclic amines) is 1. The van der Waals surface area contributed by atoms with Crippen LogP contribution in [0.3, 0.4) is 0 Å². The van der Waals surface area contributed by atoms with Gasteiger partial charge >= 0.3 is 6.09 Å². The molecule has 3 saturated carbocycles. The standard InChI is InChI=1S/C37H46N4O6/c1-23-17-28(11-14-33(23)45-2)25-5-3-24(4-6-25)20-41(35-18-29(15-16-38-35)34-19-32(39-47-34)26-7-8-26)36(43)27-9-12-31(13-10-27)46-37(44)40-21-30(42)22-40/h11,14-19,24-27,30-31,42H,3-10,12-13,20-22H2,1-2H3/t24-,25-,27-,31-. The second-order valence-corrected chi connectivity index (χ2v) is 14.1. The molecule has 0 bridgehead atoms. The minimum atomic E-state index is -0.458. The molecule has 4 fully saturated rings. The average Bonchev–Trinajstić information content (AvgIpc) is 3.81. The van der Waals surface area contributed by atoms with Crippen LogP contribution in [0.15, 0.2) is 47.1 Å². The molecular formula is C37H46N4O6. The quantitative estimate of drug-likeness (QED) is 0.277. The topological polar surface area (TPSA) is 118 Å². The Balaban J connectivity index is 1.04. The molecule has 250 valence electrons. The molecule has 4 aliphatic rings. The SMILES string of the molecule is COc1ccc([C@H]2CC[C@H](CN(c3cc(-c4cc(C5CC5)no4)ccn3)C(=O)[C@H]3CC[C@H](OC(=O)N4CC(O)C4)CC3)CC2)cc1C. The van der Waals surface area contributed by atoms with Crippen molar-refractivity contribution in [1.82, 2.24) is 15.0 Å². The first-order valence-electron chi connectivity index (χ1n) is 17.4. The number of methoxy groups -OCH3 is 1. The van der Waals surface area contributed by atoms with E-state index in [-0.39, 0.29) is 24.0 Å². The second kappa shape index (κ2) is 13.7. The van der Waals surface area contributed by atoms with Crippen LogP contribution in [0.4, 0.5) is 10.6 Å². The van der Waals surface area contributed by atoms with Crippen molar-refractivity contribution in [2.45, 2.75) is 95.2 Å². The van der Waals surface area contributed by atoms with E-state index in [1.807, 2.05) is 23.1 Å². The largest absolute Gasteiger partial charge is 0.496 e. The third-order valence-electron chi connectivity index (χ3n) is 10.7. The van der Waals surface area contributed by atoms with Crippen molar-refractivity contribution >= 4 is 17.8 Å². The molecule has 47 heavy (non-hydrogen) atoms. The summed E-state index contributed by atoms with van der Waals surface area (Å²) in [5, 5.41) is 13.8. The Morgan fingerprint density at radius 3 is 2.38 bits per heavy atom. The number of hydrogen-bond acceptors (Lipinski definition) is 8. The molecule has 1 aromatic carbocycles. The zero-order valence-corrected chi connectivity index (χ0v) is 27.5. The Bertz CT molecular complexity index is 1560. The van der Waals surface area contributed by atoms with Crippen molar-refractivity contribution in [3.8, 4) is 17.1 Å². The molecule has 3 heterocycles. The van der Waals surface area contributed by atoms with Gasteiger partial charge in [0.05, 0.1) is 32.0 Å². The van der Waals surface area contributed by atoms with Crippen LogP contribution in [0.2, 0.25) is 0 Å². The molecule has 0 unspecified atom stereocenters. The van der Waals surface area contributed by atoms with Crippen molar-refractivity contribution in [3.63, 3.8) is 0 Å². The van der Waals surface area contributed by atoms with Gasteiger partial charge in [0, 0.05) is 36.2 Å². The summed E-state index contributed by atoms with van der Waals surface area (Å²) in [6, 6.07) is 12.4. The van der Waals surface area contributed by atoms with E-state index < -0.39 is 6.10 Å². The molecule has 0 spiro atoms. The van der Waals surface area contributed by atoms with Gasteiger partial charge in [-0.25, -0.2) is 9.78 Å². The highest BCUT2D eigenvalue weighted by atomic mass is 16.6. The monoisotopic (exact) mass is 642 g/mol. The predicted octanol–water partition coefficient (Wildman–Crippen LogP) is 6.61. The molecule has 0 radical (unpaired) electrons. The number of ether oxygens (including phenoxy) is 2. The molecule has 10 nitrogen and oxygen atoms in total. The molecule has 1 N–H and O–H groups in total. The summed E-state index contributed by atoms with van der Waals surface area (Å²) in [6.45, 7) is 3.37. The van der Waals surface area contributed by atoms with Gasteiger partial charge in [0.2, 0.25) is 5.91 Å². The highest BCUT2D eigenvalue weighted by Crippen LogP contribution is 2.41. The number of nitrogens with zero attached hydrogens (tertiary/aromatic N) is 4. The Kier molecular flexibility index (Phi) is 9.21. The van der Waals surface area contributed by atoms with Crippen LogP contribution in [-0.4, -0.2) is 71.1 Å². The highest BCUT2D eigenvalue weighted by molar-refractivity contribution is 5.94. The summed E-state index contributed by atoms with van der Waals surface area (Å²) in [4.78, 5) is 34.9. The highest BCUT2D eigenvalue weighted by Gasteiger charge is 2.36. The van der Waals surface area contributed by atoms with Gasteiger partial charge in [-0.15, -0.1) is 0 Å². The number of amides is 2. The Morgan fingerprint density at radius 1 is 0.957 bits per heavy atom. The van der Waals surface area contributed by atoms with Crippen molar-refractivity contribution in [2.24, 2.45) is 11.8 Å². The summed E-state index contributed by atoms with van der Waals surface area (Å²) in [6.07, 6.45) is 9.89. The zero-order chi connectivity index (χ0) is 32.5. The van der Waals surface area contributed by atoms with Crippen LogP contribution >= 0.6 is 0 Å². The van der Waals surface area contributed by atoms with Gasteiger partial charge in [0.25, 0.3) is 0 Å². The maximum Gasteiger partial charge on any atom is 0.410 e. The number of rotatable bonds is 9. The summed E-state index contributed by atoms with van der Waals surface area (Å²) in [5.74, 6) is 3.58. The average molecular weight is 643 g/mol. The molecule has 10 heteroatoms. The van der Waals surface area contributed by atoms with Crippen LogP contribution < -0.4 is 9.64 Å². The molecule has 2 aromatic heterocycles. The molecule has 2 amide bonds. The van der Waals surface area contributed by atoms with Crippen LogP contribution in [0.25, 0.3) is 11.3 Å². The van der Waals surface area contributed by atoms with Crippen LogP contribution in [0.1, 0.15) is 92.9 Å². The van der Waals surface area contributed by atoms with E-state index in [0.717, 1.165) is 61.1 Å². The number of pyridine rings is 1. The number of carbonyl (C=O) groups excluding carboxylic acids is 2. The lowest BCUT2D eigenvalue weighted by molar-refractivity contribution is -0.124. The zero-order valence-electron chi connectivity index (χ0n) is 27.5. The number of aryl methyl sites for hydroxylation is 1. The summed E-state index contributed by atoms with van der Waals surface area (Å²) < 4.78 is 16.9. The van der Waals surface area contributed by atoms with Crippen LogP contribution in [0.5, 0.6) is 5.75 Å². The Morgan fingerprint density at radius 2 is 1.70 bits per heavy atom. The number of β-amino-alcohol motifs (C(OH)–C–C–N with tert-alkyl or cyclic N) is 1. The minimum Gasteiger partial charge on any atom is -0.496 e. The van der Waals surface area contributed by atoms with Gasteiger partial charge in [-0.2, -0.15) is 0 Å². The maximum atomic E-state index is 14.3. The predicted molar refractivity (Wildman–Crippen MR) is 176 cm³/mol. The molecule has 3 aliphatic carbocycles. The first-order chi connectivity index (χ1) is 22.8. The molecule has 1 aliphatic heterocycles. The van der Waals surface area contributed by atoms with E-state index in [2.05, 4.69) is 30.3 Å². The number of anilines is 1. The van der Waals surface area contributed by atoms with Gasteiger partial charge in [0.1, 0.15) is 17.7 Å². The number of hydrogen-bond donors (Lipinski definition) is 1. The van der Waals surface area contributed by atoms with Gasteiger partial charge in [0.15, 0.2) is 5.76 Å².